The maximum absolute atomic E-state index is 12.4. The summed E-state index contributed by atoms with van der Waals surface area (Å²) in [7, 11) is 0. The minimum Gasteiger partial charge on any atom is -0.454 e. The van der Waals surface area contributed by atoms with Crippen LogP contribution in [0.1, 0.15) is 21.5 Å². The molecular formula is C23H17BrN2O5. The molecule has 1 amide bonds. The highest BCUT2D eigenvalue weighted by Gasteiger charge is 2.17. The van der Waals surface area contributed by atoms with Crippen LogP contribution in [0.4, 0.5) is 0 Å². The van der Waals surface area contributed by atoms with Crippen LogP contribution >= 0.6 is 15.9 Å². The molecule has 0 atom stereocenters. The molecule has 0 aliphatic carbocycles. The second-order valence-corrected chi connectivity index (χ2v) is 7.54. The van der Waals surface area contributed by atoms with Gasteiger partial charge in [0.2, 0.25) is 12.7 Å². The van der Waals surface area contributed by atoms with Crippen LogP contribution in [0.3, 0.4) is 0 Å². The average Bonchev–Trinajstić information content (AvgIpc) is 3.23. The van der Waals surface area contributed by atoms with Crippen LogP contribution in [-0.2, 0) is 11.2 Å². The van der Waals surface area contributed by atoms with Crippen LogP contribution in [0.2, 0.25) is 0 Å². The fourth-order valence-electron chi connectivity index (χ4n) is 2.85. The Morgan fingerprint density at radius 3 is 2.68 bits per heavy atom. The third-order valence-corrected chi connectivity index (χ3v) is 4.89. The quantitative estimate of drug-likeness (QED) is 0.248. The summed E-state index contributed by atoms with van der Waals surface area (Å²) < 4.78 is 16.9. The molecule has 4 rings (SSSR count). The third-order valence-electron chi connectivity index (χ3n) is 4.36. The smallest absolute Gasteiger partial charge is 0.343 e. The van der Waals surface area contributed by atoms with E-state index in [-0.39, 0.29) is 19.1 Å². The van der Waals surface area contributed by atoms with Gasteiger partial charge in [-0.25, -0.2) is 10.2 Å². The third kappa shape index (κ3) is 5.49. The molecule has 0 saturated heterocycles. The molecule has 0 bridgehead atoms. The first-order valence-electron chi connectivity index (χ1n) is 9.35. The topological polar surface area (TPSA) is 86.2 Å². The van der Waals surface area contributed by atoms with E-state index < -0.39 is 5.97 Å². The Bertz CT molecular complexity index is 1140. The minimum absolute atomic E-state index is 0.134. The number of fused-ring (bicyclic) bond motifs is 1. The molecule has 7 nitrogen and oxygen atoms in total. The van der Waals surface area contributed by atoms with Crippen molar-refractivity contribution in [3.63, 3.8) is 0 Å². The van der Waals surface area contributed by atoms with Crippen LogP contribution < -0.4 is 19.6 Å². The Labute approximate surface area is 186 Å². The highest BCUT2D eigenvalue weighted by atomic mass is 79.9. The van der Waals surface area contributed by atoms with Gasteiger partial charge >= 0.3 is 5.97 Å². The second-order valence-electron chi connectivity index (χ2n) is 6.63. The number of esters is 1. The molecule has 0 unspecified atom stereocenters. The van der Waals surface area contributed by atoms with Crippen molar-refractivity contribution in [2.45, 2.75) is 6.42 Å². The predicted molar refractivity (Wildman–Crippen MR) is 118 cm³/mol. The number of carbonyl (C=O) groups is 2. The van der Waals surface area contributed by atoms with Gasteiger partial charge < -0.3 is 14.2 Å². The first kappa shape index (κ1) is 20.6. The Balaban J connectivity index is 1.34. The Morgan fingerprint density at radius 1 is 1.03 bits per heavy atom. The average molecular weight is 481 g/mol. The Morgan fingerprint density at radius 2 is 1.84 bits per heavy atom. The molecule has 1 aliphatic heterocycles. The van der Waals surface area contributed by atoms with Crippen molar-refractivity contribution >= 4 is 34.0 Å². The van der Waals surface area contributed by atoms with Gasteiger partial charge in [0.1, 0.15) is 5.75 Å². The van der Waals surface area contributed by atoms with Gasteiger partial charge in [-0.05, 0) is 53.6 Å². The predicted octanol–water partition coefficient (Wildman–Crippen LogP) is 4.09. The zero-order valence-corrected chi connectivity index (χ0v) is 17.8. The molecule has 1 aliphatic rings. The molecule has 8 heteroatoms. The van der Waals surface area contributed by atoms with E-state index in [0.717, 1.165) is 10.0 Å². The summed E-state index contributed by atoms with van der Waals surface area (Å²) in [6.07, 6.45) is 1.70. The van der Waals surface area contributed by atoms with Gasteiger partial charge in [0.05, 0.1) is 18.2 Å². The van der Waals surface area contributed by atoms with Gasteiger partial charge in [-0.2, -0.15) is 5.10 Å². The zero-order chi connectivity index (χ0) is 21.6. The summed E-state index contributed by atoms with van der Waals surface area (Å²) in [5.74, 6) is 0.707. The first-order chi connectivity index (χ1) is 15.1. The highest BCUT2D eigenvalue weighted by molar-refractivity contribution is 9.10. The highest BCUT2D eigenvalue weighted by Crippen LogP contribution is 2.32. The largest absolute Gasteiger partial charge is 0.454 e. The molecule has 0 fully saturated rings. The molecule has 156 valence electrons. The van der Waals surface area contributed by atoms with Crippen LogP contribution in [0.15, 0.2) is 76.3 Å². The minimum atomic E-state index is -0.518. The van der Waals surface area contributed by atoms with Gasteiger partial charge in [0.25, 0.3) is 0 Å². The van der Waals surface area contributed by atoms with E-state index in [1.54, 1.807) is 42.5 Å². The molecule has 0 aromatic heterocycles. The van der Waals surface area contributed by atoms with E-state index in [2.05, 4.69) is 26.5 Å². The van der Waals surface area contributed by atoms with Crippen LogP contribution in [0.5, 0.6) is 17.2 Å². The van der Waals surface area contributed by atoms with E-state index in [4.69, 9.17) is 14.2 Å². The van der Waals surface area contributed by atoms with Crippen molar-refractivity contribution in [1.82, 2.24) is 5.43 Å². The second kappa shape index (κ2) is 9.44. The number of halogens is 1. The molecule has 1 N–H and O–H groups in total. The van der Waals surface area contributed by atoms with Gasteiger partial charge in [-0.15, -0.1) is 0 Å². The molecular weight excluding hydrogens is 464 g/mol. The Hall–Kier alpha value is -3.65. The van der Waals surface area contributed by atoms with Crippen molar-refractivity contribution < 1.29 is 23.8 Å². The molecule has 1 heterocycles. The summed E-state index contributed by atoms with van der Waals surface area (Å²) in [5, 5.41) is 3.97. The van der Waals surface area contributed by atoms with E-state index >= 15 is 0 Å². The van der Waals surface area contributed by atoms with Gasteiger partial charge in [-0.3, -0.25) is 4.79 Å². The van der Waals surface area contributed by atoms with Crippen LogP contribution in [0, 0.1) is 0 Å². The molecule has 31 heavy (non-hydrogen) atoms. The monoisotopic (exact) mass is 480 g/mol. The fraction of sp³-hybridized carbons (Fsp3) is 0.0870. The number of hydrogen-bond acceptors (Lipinski definition) is 6. The van der Waals surface area contributed by atoms with Crippen molar-refractivity contribution in [3.05, 3.63) is 87.9 Å². The van der Waals surface area contributed by atoms with Gasteiger partial charge in [-0.1, -0.05) is 40.2 Å². The van der Waals surface area contributed by atoms with Crippen molar-refractivity contribution in [1.29, 1.82) is 0 Å². The van der Waals surface area contributed by atoms with Crippen LogP contribution in [0.25, 0.3) is 0 Å². The maximum Gasteiger partial charge on any atom is 0.343 e. The summed E-state index contributed by atoms with van der Waals surface area (Å²) in [6, 6.07) is 19.2. The standard InChI is InChI=1S/C23H17BrN2O5/c24-18-7-4-15(5-8-18)11-22(27)26-25-13-16-2-1-3-19(10-16)31-23(28)17-6-9-20-21(12-17)30-14-29-20/h1-10,12-13H,11,14H2,(H,26,27). The number of ether oxygens (including phenoxy) is 3. The summed E-state index contributed by atoms with van der Waals surface area (Å²) in [4.78, 5) is 24.4. The Kier molecular flexibility index (Phi) is 6.28. The first-order valence-corrected chi connectivity index (χ1v) is 10.1. The van der Waals surface area contributed by atoms with Crippen molar-refractivity contribution in [3.8, 4) is 17.2 Å². The maximum atomic E-state index is 12.4. The number of nitrogens with one attached hydrogen (secondary N) is 1. The normalized spacial score (nSPS) is 12.0. The van der Waals surface area contributed by atoms with E-state index in [9.17, 15) is 9.59 Å². The number of benzene rings is 3. The lowest BCUT2D eigenvalue weighted by Crippen LogP contribution is -2.19. The summed E-state index contributed by atoms with van der Waals surface area (Å²) >= 11 is 3.36. The van der Waals surface area contributed by atoms with Gasteiger partial charge in [0, 0.05) is 4.47 Å². The summed E-state index contributed by atoms with van der Waals surface area (Å²) in [6.45, 7) is 0.134. The van der Waals surface area contributed by atoms with Crippen molar-refractivity contribution in [2.24, 2.45) is 5.10 Å². The molecule has 3 aromatic rings. The molecule has 0 radical (unpaired) electrons. The lowest BCUT2D eigenvalue weighted by Gasteiger charge is -2.06. The lowest BCUT2D eigenvalue weighted by atomic mass is 10.1. The van der Waals surface area contributed by atoms with E-state index in [1.807, 2.05) is 24.3 Å². The fourth-order valence-corrected chi connectivity index (χ4v) is 3.12. The summed E-state index contributed by atoms with van der Waals surface area (Å²) in [5.41, 5.74) is 4.39. The van der Waals surface area contributed by atoms with Crippen molar-refractivity contribution in [2.75, 3.05) is 6.79 Å². The van der Waals surface area contributed by atoms with Crippen LogP contribution in [-0.4, -0.2) is 24.9 Å². The zero-order valence-electron chi connectivity index (χ0n) is 16.2. The SMILES string of the molecule is O=C(Cc1ccc(Br)cc1)NN=Cc1cccc(OC(=O)c2ccc3c(c2)OCO3)c1. The van der Waals surface area contributed by atoms with E-state index in [1.165, 1.54) is 6.21 Å². The number of hydrogen-bond donors (Lipinski definition) is 1. The lowest BCUT2D eigenvalue weighted by molar-refractivity contribution is -0.120. The number of hydrazone groups is 1. The molecule has 0 spiro atoms. The number of amides is 1. The van der Waals surface area contributed by atoms with E-state index in [0.29, 0.717) is 28.4 Å². The molecule has 0 saturated carbocycles. The number of nitrogens with zero attached hydrogens (tertiary/aromatic N) is 1. The number of carbonyl (C=O) groups excluding carboxylic acids is 2. The molecule has 3 aromatic carbocycles. The van der Waals surface area contributed by atoms with Gasteiger partial charge in [0.15, 0.2) is 11.5 Å². The number of rotatable bonds is 6.